The minimum Gasteiger partial charge on any atom is -0.497 e. The van der Waals surface area contributed by atoms with Crippen LogP contribution in [0.2, 0.25) is 0 Å². The molecule has 1 aliphatic carbocycles. The van der Waals surface area contributed by atoms with E-state index < -0.39 is 0 Å². The molecule has 0 unspecified atom stereocenters. The largest absolute Gasteiger partial charge is 0.497 e. The molecule has 0 heterocycles. The number of methoxy groups -OCH3 is 2. The molecule has 1 aromatic carbocycles. The van der Waals surface area contributed by atoms with Crippen molar-refractivity contribution in [3.05, 3.63) is 29.8 Å². The lowest BCUT2D eigenvalue weighted by molar-refractivity contribution is -0.127. The van der Waals surface area contributed by atoms with E-state index in [4.69, 9.17) is 9.47 Å². The van der Waals surface area contributed by atoms with E-state index in [0.717, 1.165) is 38.3 Å². The maximum absolute atomic E-state index is 12.0. The second kappa shape index (κ2) is 14.5. The Bertz CT molecular complexity index is 674. The van der Waals surface area contributed by atoms with Crippen LogP contribution in [0.4, 0.5) is 0 Å². The molecule has 0 radical (unpaired) electrons. The van der Waals surface area contributed by atoms with Gasteiger partial charge in [-0.1, -0.05) is 25.0 Å². The van der Waals surface area contributed by atoms with Crippen LogP contribution in [0.3, 0.4) is 0 Å². The maximum atomic E-state index is 12.0. The number of nitrogens with one attached hydrogen (secondary N) is 2. The van der Waals surface area contributed by atoms with Crippen molar-refractivity contribution in [1.29, 1.82) is 0 Å². The van der Waals surface area contributed by atoms with Crippen LogP contribution in [0.15, 0.2) is 29.3 Å². The molecular weight excluding hydrogens is 507 g/mol. The van der Waals surface area contributed by atoms with Gasteiger partial charge in [0.05, 0.1) is 7.11 Å². The topological polar surface area (TPSA) is 75.2 Å². The first kappa shape index (κ1) is 27.5. The van der Waals surface area contributed by atoms with Crippen LogP contribution in [-0.4, -0.2) is 71.3 Å². The lowest BCUT2D eigenvalue weighted by Crippen LogP contribution is -2.44. The van der Waals surface area contributed by atoms with E-state index in [1.54, 1.807) is 33.2 Å². The Morgan fingerprint density at radius 3 is 2.39 bits per heavy atom. The summed E-state index contributed by atoms with van der Waals surface area (Å²) in [6.45, 7) is 2.49. The Morgan fingerprint density at radius 1 is 1.13 bits per heavy atom. The van der Waals surface area contributed by atoms with Gasteiger partial charge in [0, 0.05) is 40.9 Å². The van der Waals surface area contributed by atoms with Crippen molar-refractivity contribution in [3.63, 3.8) is 0 Å². The Hall–Kier alpha value is -1.55. The molecule has 0 saturated heterocycles. The van der Waals surface area contributed by atoms with Gasteiger partial charge < -0.3 is 25.0 Å². The number of guanidine groups is 1. The monoisotopic (exact) mass is 546 g/mol. The molecule has 0 aromatic heterocycles. The van der Waals surface area contributed by atoms with Gasteiger partial charge >= 0.3 is 0 Å². The van der Waals surface area contributed by atoms with E-state index in [2.05, 4.69) is 27.8 Å². The number of carbonyl (C=O) groups is 1. The Labute approximate surface area is 204 Å². The minimum atomic E-state index is -0.0128. The number of amides is 1. The molecule has 1 aromatic rings. The van der Waals surface area contributed by atoms with Crippen LogP contribution in [-0.2, 0) is 16.0 Å². The third-order valence-corrected chi connectivity index (χ3v) is 5.87. The Kier molecular flexibility index (Phi) is 12.9. The summed E-state index contributed by atoms with van der Waals surface area (Å²) >= 11 is 0. The first-order valence-corrected chi connectivity index (χ1v) is 10.8. The summed E-state index contributed by atoms with van der Waals surface area (Å²) in [5, 5.41) is 6.90. The molecule has 1 fully saturated rings. The first-order chi connectivity index (χ1) is 14.5. The summed E-state index contributed by atoms with van der Waals surface area (Å²) in [7, 11) is 6.93. The number of ether oxygens (including phenoxy) is 2. The van der Waals surface area contributed by atoms with Crippen LogP contribution in [0, 0.1) is 5.41 Å². The average molecular weight is 546 g/mol. The molecule has 0 bridgehead atoms. The van der Waals surface area contributed by atoms with E-state index in [0.29, 0.717) is 5.96 Å². The highest BCUT2D eigenvalue weighted by Gasteiger charge is 2.33. The maximum Gasteiger partial charge on any atom is 0.243 e. The fourth-order valence-electron chi connectivity index (χ4n) is 3.81. The Morgan fingerprint density at radius 2 is 1.81 bits per heavy atom. The molecule has 8 heteroatoms. The summed E-state index contributed by atoms with van der Waals surface area (Å²) in [4.78, 5) is 18.1. The molecule has 0 atom stereocenters. The first-order valence-electron chi connectivity index (χ1n) is 10.8. The van der Waals surface area contributed by atoms with Crippen molar-refractivity contribution >= 4 is 35.8 Å². The van der Waals surface area contributed by atoms with Gasteiger partial charge in [-0.3, -0.25) is 4.79 Å². The SMILES string of the molecule is COCCC1(CNC(=NCC(=O)N(C)C)NCCc2ccc(OC)cc2)CCCC1.I. The Balaban J connectivity index is 0.00000480. The number of aliphatic imine (C=N–C) groups is 1. The molecular formula is C23H39IN4O3. The highest BCUT2D eigenvalue weighted by molar-refractivity contribution is 14.0. The van der Waals surface area contributed by atoms with Crippen molar-refractivity contribution in [1.82, 2.24) is 15.5 Å². The van der Waals surface area contributed by atoms with Crippen LogP contribution >= 0.6 is 24.0 Å². The summed E-state index contributed by atoms with van der Waals surface area (Å²) in [6, 6.07) is 8.08. The number of hydrogen-bond acceptors (Lipinski definition) is 4. The van der Waals surface area contributed by atoms with Crippen LogP contribution in [0.1, 0.15) is 37.7 Å². The van der Waals surface area contributed by atoms with Crippen molar-refractivity contribution in [3.8, 4) is 5.75 Å². The number of carbonyl (C=O) groups excluding carboxylic acids is 1. The third-order valence-electron chi connectivity index (χ3n) is 5.87. The summed E-state index contributed by atoms with van der Waals surface area (Å²) in [5.41, 5.74) is 1.47. The van der Waals surface area contributed by atoms with Crippen LogP contribution in [0.25, 0.3) is 0 Å². The van der Waals surface area contributed by atoms with Crippen molar-refractivity contribution < 1.29 is 14.3 Å². The van der Waals surface area contributed by atoms with Crippen molar-refractivity contribution in [2.45, 2.75) is 38.5 Å². The molecule has 7 nitrogen and oxygen atoms in total. The van der Waals surface area contributed by atoms with Gasteiger partial charge in [-0.2, -0.15) is 0 Å². The summed E-state index contributed by atoms with van der Waals surface area (Å²) in [5.74, 6) is 1.54. The number of likely N-dealkylation sites (N-methyl/N-ethyl adjacent to an activating group) is 1. The van der Waals surface area contributed by atoms with Gasteiger partial charge in [0.1, 0.15) is 12.3 Å². The molecule has 0 aliphatic heterocycles. The van der Waals surface area contributed by atoms with E-state index in [1.807, 2.05) is 12.1 Å². The minimum absolute atomic E-state index is 0. The molecule has 1 saturated carbocycles. The quantitative estimate of drug-likeness (QED) is 0.254. The highest BCUT2D eigenvalue weighted by Crippen LogP contribution is 2.40. The van der Waals surface area contributed by atoms with Gasteiger partial charge in [0.25, 0.3) is 0 Å². The lowest BCUT2D eigenvalue weighted by Gasteiger charge is -2.30. The molecule has 0 spiro atoms. The highest BCUT2D eigenvalue weighted by atomic mass is 127. The zero-order valence-electron chi connectivity index (χ0n) is 19.4. The summed E-state index contributed by atoms with van der Waals surface area (Å²) in [6.07, 6.45) is 6.86. The number of rotatable bonds is 11. The number of nitrogens with zero attached hydrogens (tertiary/aromatic N) is 2. The molecule has 31 heavy (non-hydrogen) atoms. The van der Waals surface area contributed by atoms with Gasteiger partial charge in [-0.05, 0) is 48.8 Å². The predicted molar refractivity (Wildman–Crippen MR) is 137 cm³/mol. The molecule has 176 valence electrons. The normalized spacial score (nSPS) is 15.2. The van der Waals surface area contributed by atoms with Gasteiger partial charge in [0.15, 0.2) is 5.96 Å². The zero-order chi connectivity index (χ0) is 21.8. The zero-order valence-corrected chi connectivity index (χ0v) is 21.7. The second-order valence-electron chi connectivity index (χ2n) is 8.28. The van der Waals surface area contributed by atoms with Gasteiger partial charge in [-0.25, -0.2) is 4.99 Å². The van der Waals surface area contributed by atoms with Crippen LogP contribution < -0.4 is 15.4 Å². The summed E-state index contributed by atoms with van der Waals surface area (Å²) < 4.78 is 10.6. The predicted octanol–water partition coefficient (Wildman–Crippen LogP) is 3.08. The third kappa shape index (κ3) is 9.64. The second-order valence-corrected chi connectivity index (χ2v) is 8.28. The smallest absolute Gasteiger partial charge is 0.243 e. The van der Waals surface area contributed by atoms with Crippen molar-refractivity contribution in [2.24, 2.45) is 10.4 Å². The van der Waals surface area contributed by atoms with Crippen molar-refractivity contribution in [2.75, 3.05) is 54.6 Å². The molecule has 2 N–H and O–H groups in total. The van der Waals surface area contributed by atoms with Gasteiger partial charge in [0.2, 0.25) is 5.91 Å². The number of halogens is 1. The lowest BCUT2D eigenvalue weighted by atomic mass is 9.83. The molecule has 1 aliphatic rings. The van der Waals surface area contributed by atoms with Crippen LogP contribution in [0.5, 0.6) is 5.75 Å². The molecule has 1 amide bonds. The average Bonchev–Trinajstić information content (AvgIpc) is 3.23. The van der Waals surface area contributed by atoms with E-state index >= 15 is 0 Å². The van der Waals surface area contributed by atoms with E-state index in [9.17, 15) is 4.79 Å². The van der Waals surface area contributed by atoms with E-state index in [1.165, 1.54) is 31.2 Å². The number of hydrogen-bond donors (Lipinski definition) is 2. The fraction of sp³-hybridized carbons (Fsp3) is 0.652. The number of benzene rings is 1. The fourth-order valence-corrected chi connectivity index (χ4v) is 3.81. The standard InChI is InChI=1S/C23H38N4O3.HI/c1-27(2)21(28)17-25-22(24-15-11-19-7-9-20(30-4)10-8-19)26-18-23(14-16-29-3)12-5-6-13-23;/h7-10H,5-6,11-18H2,1-4H3,(H2,24,25,26);1H. The molecule has 2 rings (SSSR count). The van der Waals surface area contributed by atoms with E-state index in [-0.39, 0.29) is 41.8 Å². The van der Waals surface area contributed by atoms with Gasteiger partial charge in [-0.15, -0.1) is 24.0 Å².